The van der Waals surface area contributed by atoms with Gasteiger partial charge in [-0.05, 0) is 31.5 Å². The van der Waals surface area contributed by atoms with Crippen molar-refractivity contribution in [3.05, 3.63) is 57.7 Å². The molecule has 0 bridgehead atoms. The minimum absolute atomic E-state index is 0.0454. The maximum absolute atomic E-state index is 12.2. The third kappa shape index (κ3) is 2.92. The highest BCUT2D eigenvalue weighted by molar-refractivity contribution is 6.30. The number of halogens is 1. The summed E-state index contributed by atoms with van der Waals surface area (Å²) in [5.74, 6) is -1.64. The molecule has 5 nitrogen and oxygen atoms in total. The van der Waals surface area contributed by atoms with Gasteiger partial charge in [0.1, 0.15) is 17.4 Å². The number of esters is 1. The summed E-state index contributed by atoms with van der Waals surface area (Å²) in [7, 11) is 0. The smallest absolute Gasteiger partial charge is 0.338 e. The fraction of sp³-hybridized carbons (Fsp3) is 0.250. The Morgan fingerprint density at radius 3 is 2.64 bits per heavy atom. The maximum atomic E-state index is 12.2. The number of nitriles is 1. The number of aliphatic hydroxyl groups excluding tert-OH is 1. The highest BCUT2D eigenvalue weighted by Gasteiger charge is 2.37. The van der Waals surface area contributed by atoms with Crippen LogP contribution < -0.4 is 0 Å². The normalized spacial score (nSPS) is 17.8. The zero-order valence-corrected chi connectivity index (χ0v) is 12.8. The lowest BCUT2D eigenvalue weighted by atomic mass is 9.83. The first-order valence-corrected chi connectivity index (χ1v) is 7.01. The van der Waals surface area contributed by atoms with Gasteiger partial charge in [0.25, 0.3) is 5.95 Å². The molecule has 0 fully saturated rings. The van der Waals surface area contributed by atoms with Gasteiger partial charge in [0.15, 0.2) is 0 Å². The van der Waals surface area contributed by atoms with Gasteiger partial charge in [-0.2, -0.15) is 5.26 Å². The molecule has 0 unspecified atom stereocenters. The Labute approximate surface area is 133 Å². The summed E-state index contributed by atoms with van der Waals surface area (Å²) in [6, 6.07) is 8.57. The third-order valence-corrected chi connectivity index (χ3v) is 3.51. The van der Waals surface area contributed by atoms with Crippen LogP contribution in [0.5, 0.6) is 0 Å². The number of ether oxygens (including phenoxy) is 2. The van der Waals surface area contributed by atoms with Gasteiger partial charge in [-0.1, -0.05) is 23.7 Å². The lowest BCUT2D eigenvalue weighted by molar-refractivity contribution is -0.139. The van der Waals surface area contributed by atoms with E-state index in [-0.39, 0.29) is 23.5 Å². The number of aliphatic hydroxyl groups is 1. The van der Waals surface area contributed by atoms with Gasteiger partial charge in [-0.15, -0.1) is 0 Å². The van der Waals surface area contributed by atoms with Crippen LogP contribution in [-0.4, -0.2) is 17.7 Å². The Balaban J connectivity index is 2.59. The van der Waals surface area contributed by atoms with E-state index in [1.807, 2.05) is 6.07 Å². The van der Waals surface area contributed by atoms with Crippen molar-refractivity contribution < 1.29 is 19.4 Å². The summed E-state index contributed by atoms with van der Waals surface area (Å²) in [6.45, 7) is 3.42. The van der Waals surface area contributed by atoms with E-state index in [2.05, 4.69) is 0 Å². The zero-order valence-electron chi connectivity index (χ0n) is 12.1. The topological polar surface area (TPSA) is 79.6 Å². The first-order valence-electron chi connectivity index (χ1n) is 6.64. The van der Waals surface area contributed by atoms with Crippen molar-refractivity contribution >= 4 is 17.6 Å². The standard InChI is InChI=1S/C16H14ClNO4/c1-3-21-16(20)13-9(2)22-15(19)12(8-18)14(13)10-4-6-11(17)7-5-10/h4-7,14,19H,3H2,1-2H3/t14-/m1/s1. The van der Waals surface area contributed by atoms with Crippen LogP contribution in [0.4, 0.5) is 0 Å². The number of nitrogens with zero attached hydrogens (tertiary/aromatic N) is 1. The first kappa shape index (κ1) is 15.9. The summed E-state index contributed by atoms with van der Waals surface area (Å²) >= 11 is 5.87. The Kier molecular flexibility index (Phi) is 4.74. The van der Waals surface area contributed by atoms with E-state index < -0.39 is 17.8 Å². The van der Waals surface area contributed by atoms with E-state index in [0.717, 1.165) is 0 Å². The van der Waals surface area contributed by atoms with Crippen molar-refractivity contribution in [2.45, 2.75) is 19.8 Å². The van der Waals surface area contributed by atoms with Gasteiger partial charge in [0, 0.05) is 5.02 Å². The molecule has 114 valence electrons. The fourth-order valence-corrected chi connectivity index (χ4v) is 2.42. The molecule has 0 radical (unpaired) electrons. The second kappa shape index (κ2) is 6.54. The van der Waals surface area contributed by atoms with E-state index in [9.17, 15) is 15.2 Å². The van der Waals surface area contributed by atoms with Gasteiger partial charge < -0.3 is 14.6 Å². The number of benzene rings is 1. The summed E-state index contributed by atoms with van der Waals surface area (Å²) < 4.78 is 10.1. The van der Waals surface area contributed by atoms with Crippen molar-refractivity contribution in [3.63, 3.8) is 0 Å². The van der Waals surface area contributed by atoms with Crippen LogP contribution in [0.1, 0.15) is 25.3 Å². The second-order valence-corrected chi connectivity index (χ2v) is 5.04. The number of carbonyl (C=O) groups excluding carboxylic acids is 1. The molecule has 1 atom stereocenters. The van der Waals surface area contributed by atoms with Gasteiger partial charge in [-0.25, -0.2) is 4.79 Å². The fourth-order valence-electron chi connectivity index (χ4n) is 2.30. The maximum Gasteiger partial charge on any atom is 0.338 e. The minimum Gasteiger partial charge on any atom is -0.480 e. The van der Waals surface area contributed by atoms with Gasteiger partial charge in [0.05, 0.1) is 18.1 Å². The van der Waals surface area contributed by atoms with Crippen LogP contribution in [0.15, 0.2) is 47.1 Å². The quantitative estimate of drug-likeness (QED) is 0.861. The second-order valence-electron chi connectivity index (χ2n) is 4.61. The number of carbonyl (C=O) groups is 1. The van der Waals surface area contributed by atoms with Crippen LogP contribution in [0.2, 0.25) is 5.02 Å². The molecule has 0 aliphatic carbocycles. The number of hydrogen-bond acceptors (Lipinski definition) is 5. The van der Waals surface area contributed by atoms with E-state index in [1.54, 1.807) is 38.1 Å². The number of allylic oxidation sites excluding steroid dienone is 2. The lowest BCUT2D eigenvalue weighted by Crippen LogP contribution is -2.23. The largest absolute Gasteiger partial charge is 0.480 e. The highest BCUT2D eigenvalue weighted by Crippen LogP contribution is 2.40. The van der Waals surface area contributed by atoms with Crippen LogP contribution in [0.3, 0.4) is 0 Å². The van der Waals surface area contributed by atoms with Gasteiger partial charge in [0.2, 0.25) is 0 Å². The molecule has 1 aliphatic heterocycles. The molecule has 0 spiro atoms. The van der Waals surface area contributed by atoms with Gasteiger partial charge in [-0.3, -0.25) is 0 Å². The monoisotopic (exact) mass is 319 g/mol. The van der Waals surface area contributed by atoms with Crippen LogP contribution >= 0.6 is 11.6 Å². The van der Waals surface area contributed by atoms with Crippen molar-refractivity contribution in [2.75, 3.05) is 6.61 Å². The van der Waals surface area contributed by atoms with Crippen molar-refractivity contribution in [2.24, 2.45) is 0 Å². The van der Waals surface area contributed by atoms with Crippen molar-refractivity contribution in [1.82, 2.24) is 0 Å². The first-order chi connectivity index (χ1) is 10.5. The molecule has 0 saturated carbocycles. The van der Waals surface area contributed by atoms with E-state index >= 15 is 0 Å². The summed E-state index contributed by atoms with van der Waals surface area (Å²) in [5.41, 5.74) is 0.785. The van der Waals surface area contributed by atoms with Crippen LogP contribution in [0.25, 0.3) is 0 Å². The summed E-state index contributed by atoms with van der Waals surface area (Å²) in [4.78, 5) is 12.2. The van der Waals surface area contributed by atoms with Crippen LogP contribution in [-0.2, 0) is 14.3 Å². The van der Waals surface area contributed by atoms with E-state index in [0.29, 0.717) is 10.6 Å². The molecule has 0 amide bonds. The molecule has 22 heavy (non-hydrogen) atoms. The SMILES string of the molecule is CCOC(=O)C1=C(C)OC(O)=C(C#N)[C@H]1c1ccc(Cl)cc1. The Morgan fingerprint density at radius 2 is 2.09 bits per heavy atom. The predicted molar refractivity (Wildman–Crippen MR) is 79.9 cm³/mol. The molecule has 6 heteroatoms. The Bertz CT molecular complexity index is 698. The van der Waals surface area contributed by atoms with Crippen molar-refractivity contribution in [1.29, 1.82) is 5.26 Å². The molecular weight excluding hydrogens is 306 g/mol. The Morgan fingerprint density at radius 1 is 1.45 bits per heavy atom. The molecule has 0 aromatic heterocycles. The minimum atomic E-state index is -0.755. The average molecular weight is 320 g/mol. The van der Waals surface area contributed by atoms with E-state index in [4.69, 9.17) is 21.1 Å². The highest BCUT2D eigenvalue weighted by atomic mass is 35.5. The molecule has 1 N–H and O–H groups in total. The molecule has 1 heterocycles. The average Bonchev–Trinajstić information content (AvgIpc) is 2.47. The third-order valence-electron chi connectivity index (χ3n) is 3.26. The molecule has 1 aliphatic rings. The Hall–Kier alpha value is -2.45. The summed E-state index contributed by atoms with van der Waals surface area (Å²) in [6.07, 6.45) is 0. The molecule has 1 aromatic carbocycles. The molecule has 1 aromatic rings. The van der Waals surface area contributed by atoms with Gasteiger partial charge >= 0.3 is 5.97 Å². The predicted octanol–water partition coefficient (Wildman–Crippen LogP) is 3.58. The zero-order chi connectivity index (χ0) is 16.3. The summed E-state index contributed by atoms with van der Waals surface area (Å²) in [5, 5.41) is 19.7. The van der Waals surface area contributed by atoms with E-state index in [1.165, 1.54) is 0 Å². The molecule has 2 rings (SSSR count). The number of rotatable bonds is 3. The molecular formula is C16H14ClNO4. The number of hydrogen-bond donors (Lipinski definition) is 1. The lowest BCUT2D eigenvalue weighted by Gasteiger charge is -2.25. The van der Waals surface area contributed by atoms with Crippen LogP contribution in [0, 0.1) is 11.3 Å². The van der Waals surface area contributed by atoms with Crippen molar-refractivity contribution in [3.8, 4) is 6.07 Å². The molecule has 0 saturated heterocycles.